The van der Waals surface area contributed by atoms with Crippen LogP contribution in [0.4, 0.5) is 11.4 Å². The Morgan fingerprint density at radius 2 is 1.45 bits per heavy atom. The molecule has 2 aromatic rings. The summed E-state index contributed by atoms with van der Waals surface area (Å²) in [6.45, 7) is 7.47. The zero-order chi connectivity index (χ0) is 20.7. The van der Waals surface area contributed by atoms with E-state index in [1.807, 2.05) is 50.2 Å². The van der Waals surface area contributed by atoms with Gasteiger partial charge in [0.1, 0.15) is 24.7 Å². The Morgan fingerprint density at radius 1 is 0.793 bits per heavy atom. The molecule has 0 saturated carbocycles. The Hall–Kier alpha value is -2.77. The lowest BCUT2D eigenvalue weighted by atomic mass is 10.3. The van der Waals surface area contributed by atoms with Crippen molar-refractivity contribution < 1.29 is 23.7 Å². The number of hydrogen-bond acceptors (Lipinski definition) is 6. The van der Waals surface area contributed by atoms with Crippen LogP contribution in [0.1, 0.15) is 13.8 Å². The van der Waals surface area contributed by atoms with Gasteiger partial charge in [-0.25, -0.2) is 0 Å². The fraction of sp³-hybridized carbons (Fsp3) is 0.409. The maximum Gasteiger partial charge on any atom is 0.243 e. The van der Waals surface area contributed by atoms with Crippen molar-refractivity contribution in [3.63, 3.8) is 0 Å². The number of carbonyl (C=O) groups is 1. The molecule has 0 heterocycles. The zero-order valence-corrected chi connectivity index (χ0v) is 17.1. The second-order valence-corrected chi connectivity index (χ2v) is 6.04. The van der Waals surface area contributed by atoms with E-state index in [1.165, 1.54) is 0 Å². The summed E-state index contributed by atoms with van der Waals surface area (Å²) in [5, 5.41) is 5.95. The first-order valence-electron chi connectivity index (χ1n) is 9.86. The molecule has 0 fully saturated rings. The summed E-state index contributed by atoms with van der Waals surface area (Å²) in [5.74, 6) is 1.33. The molecule has 0 bridgehead atoms. The van der Waals surface area contributed by atoms with Gasteiger partial charge in [0.2, 0.25) is 5.91 Å². The molecule has 0 saturated heterocycles. The van der Waals surface area contributed by atoms with Crippen molar-refractivity contribution in [2.45, 2.75) is 13.8 Å². The number of rotatable bonds is 14. The van der Waals surface area contributed by atoms with Crippen LogP contribution in [0.15, 0.2) is 48.5 Å². The Kier molecular flexibility index (Phi) is 10.4. The smallest absolute Gasteiger partial charge is 0.243 e. The van der Waals surface area contributed by atoms with Gasteiger partial charge in [-0.15, -0.1) is 0 Å². The fourth-order valence-electron chi connectivity index (χ4n) is 2.44. The maximum absolute atomic E-state index is 12.2. The summed E-state index contributed by atoms with van der Waals surface area (Å²) in [7, 11) is 0. The highest BCUT2D eigenvalue weighted by Crippen LogP contribution is 2.18. The van der Waals surface area contributed by atoms with Crippen LogP contribution in [0.25, 0.3) is 0 Å². The lowest BCUT2D eigenvalue weighted by molar-refractivity contribution is -0.114. The normalized spacial score (nSPS) is 10.4. The van der Waals surface area contributed by atoms with Gasteiger partial charge in [-0.05, 0) is 50.2 Å². The first-order chi connectivity index (χ1) is 14.2. The van der Waals surface area contributed by atoms with Crippen LogP contribution >= 0.6 is 0 Å². The molecule has 158 valence electrons. The molecule has 1 amide bonds. The summed E-state index contributed by atoms with van der Waals surface area (Å²) in [6.07, 6.45) is 0. The van der Waals surface area contributed by atoms with Gasteiger partial charge in [0.05, 0.1) is 19.8 Å². The lowest BCUT2D eigenvalue weighted by Crippen LogP contribution is -2.21. The van der Waals surface area contributed by atoms with Crippen molar-refractivity contribution >= 4 is 17.3 Å². The topological polar surface area (TPSA) is 78.1 Å². The molecule has 7 nitrogen and oxygen atoms in total. The number of ether oxygens (including phenoxy) is 4. The van der Waals surface area contributed by atoms with Crippen molar-refractivity contribution in [2.75, 3.05) is 56.8 Å². The first-order valence-corrected chi connectivity index (χ1v) is 9.86. The first kappa shape index (κ1) is 22.5. The Balaban J connectivity index is 1.72. The predicted octanol–water partition coefficient (Wildman–Crippen LogP) is 3.57. The van der Waals surface area contributed by atoms with E-state index in [4.69, 9.17) is 18.9 Å². The van der Waals surface area contributed by atoms with Crippen molar-refractivity contribution in [2.24, 2.45) is 0 Å². The third kappa shape index (κ3) is 9.32. The molecule has 0 aliphatic rings. The van der Waals surface area contributed by atoms with Crippen LogP contribution in [-0.2, 0) is 14.3 Å². The van der Waals surface area contributed by atoms with Crippen LogP contribution in [0, 0.1) is 0 Å². The summed E-state index contributed by atoms with van der Waals surface area (Å²) in [6, 6.07) is 14.7. The van der Waals surface area contributed by atoms with Gasteiger partial charge in [-0.1, -0.05) is 6.07 Å². The monoisotopic (exact) mass is 402 g/mol. The molecule has 0 unspecified atom stereocenters. The second-order valence-electron chi connectivity index (χ2n) is 6.04. The Labute approximate surface area is 172 Å². The summed E-state index contributed by atoms with van der Waals surface area (Å²) in [5.41, 5.74) is 1.52. The van der Waals surface area contributed by atoms with Gasteiger partial charge >= 0.3 is 0 Å². The Morgan fingerprint density at radius 3 is 2.10 bits per heavy atom. The van der Waals surface area contributed by atoms with Gasteiger partial charge < -0.3 is 29.6 Å². The van der Waals surface area contributed by atoms with Crippen LogP contribution in [0.5, 0.6) is 11.5 Å². The average molecular weight is 402 g/mol. The Bertz CT molecular complexity index is 721. The van der Waals surface area contributed by atoms with Crippen LogP contribution in [-0.4, -0.2) is 52.1 Å². The van der Waals surface area contributed by atoms with Crippen molar-refractivity contribution in [3.05, 3.63) is 48.5 Å². The summed E-state index contributed by atoms with van der Waals surface area (Å²) < 4.78 is 21.7. The minimum absolute atomic E-state index is 0.141. The predicted molar refractivity (Wildman–Crippen MR) is 114 cm³/mol. The van der Waals surface area contributed by atoms with Crippen LogP contribution < -0.4 is 20.1 Å². The van der Waals surface area contributed by atoms with Gasteiger partial charge in [0.25, 0.3) is 0 Å². The van der Waals surface area contributed by atoms with E-state index >= 15 is 0 Å². The zero-order valence-electron chi connectivity index (χ0n) is 17.1. The van der Waals surface area contributed by atoms with Crippen LogP contribution in [0.3, 0.4) is 0 Å². The molecule has 7 heteroatoms. The van der Waals surface area contributed by atoms with Gasteiger partial charge in [0, 0.05) is 30.7 Å². The van der Waals surface area contributed by atoms with E-state index in [0.29, 0.717) is 45.3 Å². The minimum atomic E-state index is -0.141. The number of anilines is 2. The largest absolute Gasteiger partial charge is 0.491 e. The number of amides is 1. The van der Waals surface area contributed by atoms with E-state index in [2.05, 4.69) is 10.6 Å². The minimum Gasteiger partial charge on any atom is -0.491 e. The van der Waals surface area contributed by atoms with E-state index in [1.54, 1.807) is 12.1 Å². The standard InChI is InChI=1S/C22H30N2O5/c1-3-26-12-14-28-20-10-8-18(9-11-20)24-22(25)17-23-19-6-5-7-21(16-19)29-15-13-27-4-2/h5-11,16,23H,3-4,12-15,17H2,1-2H3,(H,24,25). The summed E-state index contributed by atoms with van der Waals surface area (Å²) >= 11 is 0. The number of benzene rings is 2. The molecule has 2 rings (SSSR count). The van der Waals surface area contributed by atoms with E-state index in [-0.39, 0.29) is 12.5 Å². The highest BCUT2D eigenvalue weighted by molar-refractivity contribution is 5.93. The fourth-order valence-corrected chi connectivity index (χ4v) is 2.44. The molecule has 0 atom stereocenters. The van der Waals surface area contributed by atoms with E-state index in [0.717, 1.165) is 17.2 Å². The van der Waals surface area contributed by atoms with Gasteiger partial charge in [-0.2, -0.15) is 0 Å². The highest BCUT2D eigenvalue weighted by Gasteiger charge is 2.04. The average Bonchev–Trinajstić information content (AvgIpc) is 2.74. The van der Waals surface area contributed by atoms with E-state index in [9.17, 15) is 4.79 Å². The number of carbonyl (C=O) groups excluding carboxylic acids is 1. The lowest BCUT2D eigenvalue weighted by Gasteiger charge is -2.11. The SMILES string of the molecule is CCOCCOc1ccc(NC(=O)CNc2cccc(OCCOCC)c2)cc1. The quantitative estimate of drug-likeness (QED) is 0.471. The number of hydrogen-bond donors (Lipinski definition) is 2. The van der Waals surface area contributed by atoms with Crippen molar-refractivity contribution in [1.82, 2.24) is 0 Å². The van der Waals surface area contributed by atoms with Gasteiger partial charge in [-0.3, -0.25) is 4.79 Å². The molecule has 29 heavy (non-hydrogen) atoms. The third-order valence-corrected chi connectivity index (χ3v) is 3.83. The molecule has 0 radical (unpaired) electrons. The molecule has 0 aromatic heterocycles. The van der Waals surface area contributed by atoms with Gasteiger partial charge in [0.15, 0.2) is 0 Å². The molecule has 0 aliphatic heterocycles. The molecular formula is C22H30N2O5. The third-order valence-electron chi connectivity index (χ3n) is 3.83. The molecule has 0 aliphatic carbocycles. The second kappa shape index (κ2) is 13.4. The molecule has 2 N–H and O–H groups in total. The van der Waals surface area contributed by atoms with Crippen molar-refractivity contribution in [1.29, 1.82) is 0 Å². The van der Waals surface area contributed by atoms with Crippen LogP contribution in [0.2, 0.25) is 0 Å². The molecule has 0 spiro atoms. The maximum atomic E-state index is 12.2. The highest BCUT2D eigenvalue weighted by atomic mass is 16.5. The van der Waals surface area contributed by atoms with E-state index < -0.39 is 0 Å². The molecule has 2 aromatic carbocycles. The van der Waals surface area contributed by atoms with Crippen molar-refractivity contribution in [3.8, 4) is 11.5 Å². The number of nitrogens with one attached hydrogen (secondary N) is 2. The summed E-state index contributed by atoms with van der Waals surface area (Å²) in [4.78, 5) is 12.2. The molecular weight excluding hydrogens is 372 g/mol.